The molecule has 0 saturated heterocycles. The van der Waals surface area contributed by atoms with Crippen LogP contribution in [0.25, 0.3) is 11.3 Å². The second kappa shape index (κ2) is 6.97. The number of anilines is 1. The van der Waals surface area contributed by atoms with Crippen molar-refractivity contribution >= 4 is 5.69 Å². The largest absolute Gasteiger partial charge is 0.497 e. The van der Waals surface area contributed by atoms with Gasteiger partial charge in [-0.2, -0.15) is 0 Å². The van der Waals surface area contributed by atoms with Gasteiger partial charge in [0.05, 0.1) is 18.5 Å². The molecule has 0 radical (unpaired) electrons. The van der Waals surface area contributed by atoms with Crippen molar-refractivity contribution in [1.82, 2.24) is 4.57 Å². The predicted molar refractivity (Wildman–Crippen MR) is 86.6 cm³/mol. The van der Waals surface area contributed by atoms with Crippen molar-refractivity contribution in [3.05, 3.63) is 46.8 Å². The first-order valence-corrected chi connectivity index (χ1v) is 7.31. The van der Waals surface area contributed by atoms with E-state index in [0.29, 0.717) is 12.2 Å². The number of rotatable bonds is 6. The van der Waals surface area contributed by atoms with Crippen LogP contribution in [0.3, 0.4) is 0 Å². The van der Waals surface area contributed by atoms with Gasteiger partial charge >= 0.3 is 0 Å². The molecule has 4 nitrogen and oxygen atoms in total. The fraction of sp³-hybridized carbons (Fsp3) is 0.353. The fourth-order valence-corrected chi connectivity index (χ4v) is 2.35. The summed E-state index contributed by atoms with van der Waals surface area (Å²) in [7, 11) is 1.64. The molecule has 0 saturated carbocycles. The lowest BCUT2D eigenvalue weighted by Gasteiger charge is -2.14. The maximum Gasteiger partial charge on any atom is 0.274 e. The first kappa shape index (κ1) is 15.2. The molecule has 0 unspecified atom stereocenters. The summed E-state index contributed by atoms with van der Waals surface area (Å²) in [6.07, 6.45) is 3.20. The molecule has 0 amide bonds. The van der Waals surface area contributed by atoms with Crippen LogP contribution in [0.1, 0.15) is 26.2 Å². The Balaban J connectivity index is 2.41. The molecule has 0 aliphatic heterocycles. The first-order chi connectivity index (χ1) is 10.2. The Bertz CT molecular complexity index is 645. The van der Waals surface area contributed by atoms with Crippen molar-refractivity contribution in [3.8, 4) is 17.0 Å². The molecular formula is C17H22N2O2. The van der Waals surface area contributed by atoms with E-state index in [1.165, 1.54) is 0 Å². The summed E-state index contributed by atoms with van der Waals surface area (Å²) >= 11 is 0. The smallest absolute Gasteiger partial charge is 0.274 e. The highest BCUT2D eigenvalue weighted by Crippen LogP contribution is 2.22. The highest BCUT2D eigenvalue weighted by molar-refractivity contribution is 5.62. The molecule has 0 aliphatic rings. The highest BCUT2D eigenvalue weighted by atomic mass is 16.5. The molecule has 1 aromatic heterocycles. The summed E-state index contributed by atoms with van der Waals surface area (Å²) in [6, 6.07) is 11.3. The molecule has 1 aromatic carbocycles. The average Bonchev–Trinajstić information content (AvgIpc) is 2.52. The van der Waals surface area contributed by atoms with Gasteiger partial charge in [-0.3, -0.25) is 4.79 Å². The Morgan fingerprint density at radius 3 is 2.43 bits per heavy atom. The zero-order chi connectivity index (χ0) is 15.2. The standard InChI is InChI=1S/C17H22N2O2/c1-3-4-5-12-19-16(11-10-15(18)17(19)20)13-6-8-14(21-2)9-7-13/h6-11H,3-5,12,18H2,1-2H3. The van der Waals surface area contributed by atoms with Crippen molar-refractivity contribution in [3.63, 3.8) is 0 Å². The van der Waals surface area contributed by atoms with Crippen molar-refractivity contribution < 1.29 is 4.74 Å². The number of unbranched alkanes of at least 4 members (excludes halogenated alkanes) is 2. The molecule has 0 fully saturated rings. The molecular weight excluding hydrogens is 264 g/mol. The molecule has 2 N–H and O–H groups in total. The van der Waals surface area contributed by atoms with Gasteiger partial charge in [-0.05, 0) is 48.4 Å². The van der Waals surface area contributed by atoms with Gasteiger partial charge < -0.3 is 15.0 Å². The molecule has 0 aliphatic carbocycles. The van der Waals surface area contributed by atoms with E-state index in [2.05, 4.69) is 6.92 Å². The number of aromatic nitrogens is 1. The van der Waals surface area contributed by atoms with E-state index in [1.807, 2.05) is 30.3 Å². The first-order valence-electron chi connectivity index (χ1n) is 7.31. The average molecular weight is 286 g/mol. The summed E-state index contributed by atoms with van der Waals surface area (Å²) in [5.41, 5.74) is 7.83. The minimum atomic E-state index is -0.112. The van der Waals surface area contributed by atoms with Crippen LogP contribution in [0.2, 0.25) is 0 Å². The number of nitrogens with zero attached hydrogens (tertiary/aromatic N) is 1. The molecule has 112 valence electrons. The quantitative estimate of drug-likeness (QED) is 0.829. The maximum atomic E-state index is 12.3. The molecule has 2 aromatic rings. The number of hydrogen-bond acceptors (Lipinski definition) is 3. The van der Waals surface area contributed by atoms with Gasteiger partial charge in [-0.25, -0.2) is 0 Å². The van der Waals surface area contributed by atoms with E-state index in [-0.39, 0.29) is 5.56 Å². The third-order valence-corrected chi connectivity index (χ3v) is 3.57. The van der Waals surface area contributed by atoms with Crippen LogP contribution in [0.5, 0.6) is 5.75 Å². The number of benzene rings is 1. The monoisotopic (exact) mass is 286 g/mol. The van der Waals surface area contributed by atoms with Crippen molar-refractivity contribution in [2.75, 3.05) is 12.8 Å². The van der Waals surface area contributed by atoms with Crippen LogP contribution in [-0.2, 0) is 6.54 Å². The zero-order valence-corrected chi connectivity index (χ0v) is 12.6. The molecule has 21 heavy (non-hydrogen) atoms. The zero-order valence-electron chi connectivity index (χ0n) is 12.6. The second-order valence-electron chi connectivity index (χ2n) is 5.07. The second-order valence-corrected chi connectivity index (χ2v) is 5.07. The minimum absolute atomic E-state index is 0.112. The van der Waals surface area contributed by atoms with Crippen LogP contribution < -0.4 is 16.0 Å². The number of hydrogen-bond donors (Lipinski definition) is 1. The van der Waals surface area contributed by atoms with Crippen LogP contribution in [0.4, 0.5) is 5.69 Å². The van der Waals surface area contributed by atoms with Crippen LogP contribution in [-0.4, -0.2) is 11.7 Å². The molecule has 1 heterocycles. The van der Waals surface area contributed by atoms with E-state index >= 15 is 0 Å². The van der Waals surface area contributed by atoms with E-state index in [4.69, 9.17) is 10.5 Å². The van der Waals surface area contributed by atoms with Gasteiger partial charge in [0.2, 0.25) is 0 Å². The molecule has 2 rings (SSSR count). The maximum absolute atomic E-state index is 12.3. The number of nitrogen functional groups attached to an aromatic ring is 1. The van der Waals surface area contributed by atoms with Crippen molar-refractivity contribution in [2.45, 2.75) is 32.7 Å². The third kappa shape index (κ3) is 3.45. The normalized spacial score (nSPS) is 10.6. The van der Waals surface area contributed by atoms with Crippen LogP contribution in [0.15, 0.2) is 41.2 Å². The van der Waals surface area contributed by atoms with E-state index in [0.717, 1.165) is 36.3 Å². The summed E-state index contributed by atoms with van der Waals surface area (Å²) in [5.74, 6) is 0.800. The fourth-order valence-electron chi connectivity index (χ4n) is 2.35. The van der Waals surface area contributed by atoms with Gasteiger partial charge in [0, 0.05) is 6.54 Å². The van der Waals surface area contributed by atoms with Crippen molar-refractivity contribution in [2.24, 2.45) is 0 Å². The number of nitrogens with two attached hydrogens (primary N) is 1. The van der Waals surface area contributed by atoms with E-state index in [1.54, 1.807) is 17.7 Å². The number of ether oxygens (including phenoxy) is 1. The predicted octanol–water partition coefficient (Wildman–Crippen LogP) is 3.30. The number of methoxy groups -OCH3 is 1. The number of pyridine rings is 1. The minimum Gasteiger partial charge on any atom is -0.497 e. The SMILES string of the molecule is CCCCCn1c(-c2ccc(OC)cc2)ccc(N)c1=O. The Hall–Kier alpha value is -2.23. The molecule has 0 atom stereocenters. The summed E-state index contributed by atoms with van der Waals surface area (Å²) in [6.45, 7) is 2.84. The van der Waals surface area contributed by atoms with Crippen LogP contribution in [0, 0.1) is 0 Å². The lowest BCUT2D eigenvalue weighted by Crippen LogP contribution is -2.24. The highest BCUT2D eigenvalue weighted by Gasteiger charge is 2.09. The topological polar surface area (TPSA) is 57.2 Å². The van der Waals surface area contributed by atoms with Gasteiger partial charge in [0.25, 0.3) is 5.56 Å². The van der Waals surface area contributed by atoms with Gasteiger partial charge in [-0.15, -0.1) is 0 Å². The van der Waals surface area contributed by atoms with Crippen LogP contribution >= 0.6 is 0 Å². The summed E-state index contributed by atoms with van der Waals surface area (Å²) in [5, 5.41) is 0. The molecule has 0 bridgehead atoms. The lowest BCUT2D eigenvalue weighted by molar-refractivity contribution is 0.415. The lowest BCUT2D eigenvalue weighted by atomic mass is 10.1. The molecule has 4 heteroatoms. The Morgan fingerprint density at radius 1 is 1.10 bits per heavy atom. The summed E-state index contributed by atoms with van der Waals surface area (Å²) < 4.78 is 6.94. The Labute approximate surface area is 125 Å². The molecule has 0 spiro atoms. The van der Waals surface area contributed by atoms with Gasteiger partial charge in [-0.1, -0.05) is 19.8 Å². The van der Waals surface area contributed by atoms with Crippen molar-refractivity contribution in [1.29, 1.82) is 0 Å². The Kier molecular flexibility index (Phi) is 5.04. The van der Waals surface area contributed by atoms with E-state index < -0.39 is 0 Å². The van der Waals surface area contributed by atoms with Gasteiger partial charge in [0.15, 0.2) is 0 Å². The van der Waals surface area contributed by atoms with E-state index in [9.17, 15) is 4.79 Å². The summed E-state index contributed by atoms with van der Waals surface area (Å²) in [4.78, 5) is 12.3. The Morgan fingerprint density at radius 2 is 1.81 bits per heavy atom. The third-order valence-electron chi connectivity index (χ3n) is 3.57. The van der Waals surface area contributed by atoms with Gasteiger partial charge in [0.1, 0.15) is 5.75 Å².